The zero-order valence-corrected chi connectivity index (χ0v) is 7.97. The van der Waals surface area contributed by atoms with Gasteiger partial charge in [-0.3, -0.25) is 0 Å². The standard InChI is InChI=1S/C9H11F3N2/c1-3-6(2)7-4-8(9(10,11)12)14-13-5-7/h4-6H,3H2,1-2H3. The molecule has 78 valence electrons. The van der Waals surface area contributed by atoms with Gasteiger partial charge in [-0.05, 0) is 24.0 Å². The van der Waals surface area contributed by atoms with Gasteiger partial charge in [-0.1, -0.05) is 13.8 Å². The van der Waals surface area contributed by atoms with Crippen LogP contribution in [-0.4, -0.2) is 10.2 Å². The van der Waals surface area contributed by atoms with Crippen LogP contribution < -0.4 is 0 Å². The first-order valence-corrected chi connectivity index (χ1v) is 4.35. The van der Waals surface area contributed by atoms with Crippen molar-refractivity contribution < 1.29 is 13.2 Å². The molecule has 0 saturated heterocycles. The molecular formula is C9H11F3N2. The van der Waals surface area contributed by atoms with Crippen LogP contribution in [0.5, 0.6) is 0 Å². The quantitative estimate of drug-likeness (QED) is 0.740. The second-order valence-corrected chi connectivity index (χ2v) is 3.18. The summed E-state index contributed by atoms with van der Waals surface area (Å²) < 4.78 is 36.7. The molecule has 1 rings (SSSR count). The van der Waals surface area contributed by atoms with E-state index in [1.807, 2.05) is 13.8 Å². The highest BCUT2D eigenvalue weighted by atomic mass is 19.4. The first kappa shape index (κ1) is 10.9. The Hall–Kier alpha value is -1.13. The van der Waals surface area contributed by atoms with Gasteiger partial charge in [-0.25, -0.2) is 0 Å². The van der Waals surface area contributed by atoms with E-state index in [0.717, 1.165) is 12.5 Å². The van der Waals surface area contributed by atoms with Crippen molar-refractivity contribution >= 4 is 0 Å². The van der Waals surface area contributed by atoms with Crippen LogP contribution in [0, 0.1) is 0 Å². The molecule has 0 aliphatic heterocycles. The molecule has 1 aromatic heterocycles. The zero-order valence-electron chi connectivity index (χ0n) is 7.97. The number of alkyl halides is 3. The predicted molar refractivity (Wildman–Crippen MR) is 45.7 cm³/mol. The maximum Gasteiger partial charge on any atom is 0.435 e. The Balaban J connectivity index is 3.01. The lowest BCUT2D eigenvalue weighted by atomic mass is 10.0. The molecule has 0 aliphatic rings. The Morgan fingerprint density at radius 2 is 2.07 bits per heavy atom. The Labute approximate surface area is 80.2 Å². The summed E-state index contributed by atoms with van der Waals surface area (Å²) in [4.78, 5) is 0. The number of halogens is 3. The fourth-order valence-electron chi connectivity index (χ4n) is 1.03. The van der Waals surface area contributed by atoms with E-state index in [2.05, 4.69) is 10.2 Å². The molecular weight excluding hydrogens is 193 g/mol. The van der Waals surface area contributed by atoms with Crippen LogP contribution in [-0.2, 0) is 6.18 Å². The summed E-state index contributed by atoms with van der Waals surface area (Å²) in [5.41, 5.74) is -0.342. The van der Waals surface area contributed by atoms with Crippen molar-refractivity contribution in [3.8, 4) is 0 Å². The monoisotopic (exact) mass is 204 g/mol. The van der Waals surface area contributed by atoms with E-state index in [-0.39, 0.29) is 5.92 Å². The lowest BCUT2D eigenvalue weighted by Gasteiger charge is -2.10. The largest absolute Gasteiger partial charge is 0.435 e. The normalized spacial score (nSPS) is 14.1. The summed E-state index contributed by atoms with van der Waals surface area (Å²) in [6, 6.07) is 1.06. The molecule has 0 N–H and O–H groups in total. The number of nitrogens with zero attached hydrogens (tertiary/aromatic N) is 2. The summed E-state index contributed by atoms with van der Waals surface area (Å²) in [6.45, 7) is 3.77. The SMILES string of the molecule is CCC(C)c1cnnc(C(F)(F)F)c1. The van der Waals surface area contributed by atoms with E-state index in [1.54, 1.807) is 0 Å². The fourth-order valence-corrected chi connectivity index (χ4v) is 1.03. The van der Waals surface area contributed by atoms with Gasteiger partial charge < -0.3 is 0 Å². The molecule has 0 fully saturated rings. The number of hydrogen-bond donors (Lipinski definition) is 0. The smallest absolute Gasteiger partial charge is 0.164 e. The van der Waals surface area contributed by atoms with Gasteiger partial charge in [0, 0.05) is 0 Å². The molecule has 0 spiro atoms. The first-order chi connectivity index (χ1) is 6.45. The van der Waals surface area contributed by atoms with Crippen LogP contribution in [0.1, 0.15) is 37.4 Å². The number of aromatic nitrogens is 2. The highest BCUT2D eigenvalue weighted by molar-refractivity contribution is 5.18. The average molecular weight is 204 g/mol. The van der Waals surface area contributed by atoms with E-state index in [0.29, 0.717) is 5.56 Å². The van der Waals surface area contributed by atoms with E-state index in [9.17, 15) is 13.2 Å². The van der Waals surface area contributed by atoms with Gasteiger partial charge in [-0.2, -0.15) is 18.3 Å². The second kappa shape index (κ2) is 3.94. The second-order valence-electron chi connectivity index (χ2n) is 3.18. The summed E-state index contributed by atoms with van der Waals surface area (Å²) in [7, 11) is 0. The molecule has 0 aliphatic carbocycles. The van der Waals surface area contributed by atoms with Crippen LogP contribution in [0.25, 0.3) is 0 Å². The molecule has 1 unspecified atom stereocenters. The predicted octanol–water partition coefficient (Wildman–Crippen LogP) is 3.01. The van der Waals surface area contributed by atoms with Crippen LogP contribution >= 0.6 is 0 Å². The third kappa shape index (κ3) is 2.43. The van der Waals surface area contributed by atoms with Gasteiger partial charge in [-0.15, -0.1) is 5.10 Å². The summed E-state index contributed by atoms with van der Waals surface area (Å²) in [6.07, 6.45) is -2.25. The third-order valence-electron chi connectivity index (χ3n) is 2.15. The van der Waals surface area contributed by atoms with E-state index in [1.165, 1.54) is 6.20 Å². The minimum atomic E-state index is -4.41. The topological polar surface area (TPSA) is 25.8 Å². The van der Waals surface area contributed by atoms with Crippen molar-refractivity contribution in [3.05, 3.63) is 23.5 Å². The Bertz CT molecular complexity index is 309. The van der Waals surface area contributed by atoms with E-state index >= 15 is 0 Å². The zero-order chi connectivity index (χ0) is 10.8. The van der Waals surface area contributed by atoms with Crippen LogP contribution in [0.3, 0.4) is 0 Å². The van der Waals surface area contributed by atoms with Crippen molar-refractivity contribution in [2.45, 2.75) is 32.4 Å². The summed E-state index contributed by atoms with van der Waals surface area (Å²) >= 11 is 0. The molecule has 0 aromatic carbocycles. The Morgan fingerprint density at radius 1 is 1.43 bits per heavy atom. The van der Waals surface area contributed by atoms with E-state index in [4.69, 9.17) is 0 Å². The van der Waals surface area contributed by atoms with Gasteiger partial charge in [0.1, 0.15) is 0 Å². The lowest BCUT2D eigenvalue weighted by Crippen LogP contribution is -2.10. The first-order valence-electron chi connectivity index (χ1n) is 4.35. The fraction of sp³-hybridized carbons (Fsp3) is 0.556. The van der Waals surface area contributed by atoms with E-state index < -0.39 is 11.9 Å². The number of rotatable bonds is 2. The highest BCUT2D eigenvalue weighted by Crippen LogP contribution is 2.29. The van der Waals surface area contributed by atoms with Crippen molar-refractivity contribution in [2.24, 2.45) is 0 Å². The molecule has 0 amide bonds. The van der Waals surface area contributed by atoms with Crippen molar-refractivity contribution in [2.75, 3.05) is 0 Å². The molecule has 0 radical (unpaired) electrons. The Kier molecular flexibility index (Phi) is 3.08. The van der Waals surface area contributed by atoms with Gasteiger partial charge in [0.15, 0.2) is 5.69 Å². The molecule has 14 heavy (non-hydrogen) atoms. The minimum Gasteiger partial charge on any atom is -0.164 e. The molecule has 1 atom stereocenters. The van der Waals surface area contributed by atoms with Crippen LogP contribution in [0.4, 0.5) is 13.2 Å². The average Bonchev–Trinajstić information content (AvgIpc) is 2.15. The number of hydrogen-bond acceptors (Lipinski definition) is 2. The minimum absolute atomic E-state index is 0.0756. The summed E-state index contributed by atoms with van der Waals surface area (Å²) in [5.74, 6) is 0.0756. The molecule has 0 bridgehead atoms. The molecule has 0 saturated carbocycles. The summed E-state index contributed by atoms with van der Waals surface area (Å²) in [5, 5.41) is 6.40. The van der Waals surface area contributed by atoms with Crippen molar-refractivity contribution in [1.82, 2.24) is 10.2 Å². The Morgan fingerprint density at radius 3 is 2.57 bits per heavy atom. The van der Waals surface area contributed by atoms with Crippen LogP contribution in [0.2, 0.25) is 0 Å². The van der Waals surface area contributed by atoms with Gasteiger partial charge in [0.2, 0.25) is 0 Å². The highest BCUT2D eigenvalue weighted by Gasteiger charge is 2.33. The van der Waals surface area contributed by atoms with Gasteiger partial charge >= 0.3 is 6.18 Å². The van der Waals surface area contributed by atoms with Gasteiger partial charge in [0.25, 0.3) is 0 Å². The maximum absolute atomic E-state index is 12.2. The van der Waals surface area contributed by atoms with Crippen LogP contribution in [0.15, 0.2) is 12.3 Å². The molecule has 2 nitrogen and oxygen atoms in total. The van der Waals surface area contributed by atoms with Gasteiger partial charge in [0.05, 0.1) is 6.20 Å². The van der Waals surface area contributed by atoms with Crippen molar-refractivity contribution in [1.29, 1.82) is 0 Å². The molecule has 1 aromatic rings. The maximum atomic E-state index is 12.2. The molecule has 5 heteroatoms. The lowest BCUT2D eigenvalue weighted by molar-refractivity contribution is -0.141. The van der Waals surface area contributed by atoms with Crippen molar-refractivity contribution in [3.63, 3.8) is 0 Å². The third-order valence-corrected chi connectivity index (χ3v) is 2.15. The molecule has 1 heterocycles.